The molecule has 0 aliphatic rings. The summed E-state index contributed by atoms with van der Waals surface area (Å²) in [5.41, 5.74) is 8.22. The van der Waals surface area contributed by atoms with Crippen molar-refractivity contribution >= 4 is 11.8 Å². The molecule has 0 saturated carbocycles. The van der Waals surface area contributed by atoms with Crippen LogP contribution in [-0.4, -0.2) is 24.0 Å². The summed E-state index contributed by atoms with van der Waals surface area (Å²) in [6.45, 7) is 6.58. The van der Waals surface area contributed by atoms with E-state index in [9.17, 15) is 15.2 Å². The lowest BCUT2D eigenvalue weighted by Crippen LogP contribution is -2.21. The van der Waals surface area contributed by atoms with E-state index in [1.54, 1.807) is 25.3 Å². The molecule has 156 valence electrons. The largest absolute Gasteiger partial charge is 0.497 e. The molecule has 0 amide bonds. The number of rotatable bonds is 7. The number of carboxylic acids is 1. The van der Waals surface area contributed by atoms with Crippen LogP contribution in [0.3, 0.4) is 0 Å². The van der Waals surface area contributed by atoms with Gasteiger partial charge in [-0.25, -0.2) is 9.79 Å². The van der Waals surface area contributed by atoms with Gasteiger partial charge in [0, 0.05) is 12.1 Å². The first-order chi connectivity index (χ1) is 14.2. The first-order valence-electron chi connectivity index (χ1n) is 9.35. The maximum atomic E-state index is 11.5. The van der Waals surface area contributed by atoms with Gasteiger partial charge in [-0.2, -0.15) is 5.26 Å². The topological polar surface area (TPSA) is 121 Å². The molecule has 0 aliphatic heterocycles. The SMILES string of the molecule is COc1ccc(CNC(N=C(N)c2ccc(C(C)(C)C)cc2)=C(C#N)C(=O)O)cc1. The lowest BCUT2D eigenvalue weighted by Gasteiger charge is -2.19. The molecule has 7 heteroatoms. The number of ether oxygens (including phenoxy) is 1. The zero-order chi connectivity index (χ0) is 22.3. The number of aliphatic carboxylic acids is 1. The predicted molar refractivity (Wildman–Crippen MR) is 116 cm³/mol. The van der Waals surface area contributed by atoms with Crippen molar-refractivity contribution in [2.24, 2.45) is 10.7 Å². The minimum atomic E-state index is -1.38. The maximum Gasteiger partial charge on any atom is 0.350 e. The van der Waals surface area contributed by atoms with Gasteiger partial charge in [-0.15, -0.1) is 0 Å². The van der Waals surface area contributed by atoms with Gasteiger partial charge in [0.05, 0.1) is 7.11 Å². The summed E-state index contributed by atoms with van der Waals surface area (Å²) in [7, 11) is 1.58. The number of carbonyl (C=O) groups is 1. The average Bonchev–Trinajstić information content (AvgIpc) is 2.71. The van der Waals surface area contributed by atoms with Crippen LogP contribution in [0.15, 0.2) is 64.9 Å². The number of hydrogen-bond donors (Lipinski definition) is 3. The van der Waals surface area contributed by atoms with Crippen LogP contribution >= 0.6 is 0 Å². The van der Waals surface area contributed by atoms with E-state index < -0.39 is 11.5 Å². The monoisotopic (exact) mass is 406 g/mol. The summed E-state index contributed by atoms with van der Waals surface area (Å²) in [5.74, 6) is -0.659. The molecule has 2 rings (SSSR count). The lowest BCUT2D eigenvalue weighted by molar-refractivity contribution is -0.132. The van der Waals surface area contributed by atoms with Crippen molar-refractivity contribution in [3.63, 3.8) is 0 Å². The van der Waals surface area contributed by atoms with Crippen LogP contribution in [0.5, 0.6) is 5.75 Å². The molecule has 30 heavy (non-hydrogen) atoms. The highest BCUT2D eigenvalue weighted by Crippen LogP contribution is 2.22. The van der Waals surface area contributed by atoms with Gasteiger partial charge < -0.3 is 20.9 Å². The standard InChI is InChI=1S/C23H26N4O3/c1-23(2,3)17-9-7-16(8-10-17)20(25)27-21(19(13-24)22(28)29)26-14-15-5-11-18(30-4)12-6-15/h5-12,26H,14H2,1-4H3,(H2,25,27)(H,28,29). The smallest absolute Gasteiger partial charge is 0.350 e. The van der Waals surface area contributed by atoms with E-state index in [2.05, 4.69) is 31.1 Å². The minimum Gasteiger partial charge on any atom is -0.497 e. The number of methoxy groups -OCH3 is 1. The first kappa shape index (κ1) is 22.5. The Bertz CT molecular complexity index is 993. The predicted octanol–water partition coefficient (Wildman–Crippen LogP) is 3.31. The fourth-order valence-electron chi connectivity index (χ4n) is 2.64. The highest BCUT2D eigenvalue weighted by molar-refractivity contribution is 5.99. The fourth-order valence-corrected chi connectivity index (χ4v) is 2.64. The van der Waals surface area contributed by atoms with E-state index in [0.717, 1.165) is 11.1 Å². The molecule has 4 N–H and O–H groups in total. The van der Waals surface area contributed by atoms with Gasteiger partial charge in [-0.3, -0.25) is 0 Å². The maximum absolute atomic E-state index is 11.5. The summed E-state index contributed by atoms with van der Waals surface area (Å²) in [4.78, 5) is 15.7. The zero-order valence-electron chi connectivity index (χ0n) is 17.6. The molecule has 0 bridgehead atoms. The van der Waals surface area contributed by atoms with Crippen LogP contribution in [-0.2, 0) is 16.8 Å². The number of nitrogens with one attached hydrogen (secondary N) is 1. The Kier molecular flexibility index (Phi) is 7.21. The number of nitriles is 1. The molecule has 0 radical (unpaired) electrons. The third-order valence-corrected chi connectivity index (χ3v) is 4.46. The highest BCUT2D eigenvalue weighted by Gasteiger charge is 2.16. The summed E-state index contributed by atoms with van der Waals surface area (Å²) in [5, 5.41) is 21.6. The van der Waals surface area contributed by atoms with E-state index in [4.69, 9.17) is 10.5 Å². The van der Waals surface area contributed by atoms with Crippen LogP contribution in [0, 0.1) is 11.3 Å². The molecular weight excluding hydrogens is 380 g/mol. The van der Waals surface area contributed by atoms with Crippen LogP contribution in [0.1, 0.15) is 37.5 Å². The van der Waals surface area contributed by atoms with Crippen molar-refractivity contribution in [3.05, 3.63) is 76.6 Å². The third-order valence-electron chi connectivity index (χ3n) is 4.46. The molecule has 0 atom stereocenters. The normalized spacial score (nSPS) is 12.6. The highest BCUT2D eigenvalue weighted by atomic mass is 16.5. The molecule has 0 fully saturated rings. The van der Waals surface area contributed by atoms with E-state index in [1.807, 2.05) is 36.4 Å². The van der Waals surface area contributed by atoms with Crippen LogP contribution < -0.4 is 15.8 Å². The van der Waals surface area contributed by atoms with Crippen molar-refractivity contribution in [1.29, 1.82) is 5.26 Å². The number of carboxylic acid groups (broad SMARTS) is 1. The van der Waals surface area contributed by atoms with Crippen LogP contribution in [0.4, 0.5) is 0 Å². The van der Waals surface area contributed by atoms with E-state index in [-0.39, 0.29) is 23.6 Å². The summed E-state index contributed by atoms with van der Waals surface area (Å²) in [6.07, 6.45) is 0. The zero-order valence-corrected chi connectivity index (χ0v) is 17.6. The number of aliphatic imine (C=N–C) groups is 1. The minimum absolute atomic E-state index is 0.00724. The Morgan fingerprint density at radius 2 is 1.77 bits per heavy atom. The van der Waals surface area contributed by atoms with Crippen molar-refractivity contribution in [2.75, 3.05) is 7.11 Å². The summed E-state index contributed by atoms with van der Waals surface area (Å²) >= 11 is 0. The van der Waals surface area contributed by atoms with Crippen LogP contribution in [0.25, 0.3) is 0 Å². The summed E-state index contributed by atoms with van der Waals surface area (Å²) in [6, 6.07) is 16.5. The molecule has 7 nitrogen and oxygen atoms in total. The second-order valence-electron chi connectivity index (χ2n) is 7.67. The molecule has 0 aromatic heterocycles. The van der Waals surface area contributed by atoms with Gasteiger partial charge in [0.2, 0.25) is 0 Å². The molecule has 0 aliphatic carbocycles. The lowest BCUT2D eigenvalue weighted by atomic mass is 9.86. The molecule has 0 saturated heterocycles. The van der Waals surface area contributed by atoms with E-state index >= 15 is 0 Å². The van der Waals surface area contributed by atoms with Crippen molar-refractivity contribution in [3.8, 4) is 11.8 Å². The van der Waals surface area contributed by atoms with Crippen molar-refractivity contribution in [1.82, 2.24) is 5.32 Å². The van der Waals surface area contributed by atoms with Crippen LogP contribution in [0.2, 0.25) is 0 Å². The molecule has 0 heterocycles. The Morgan fingerprint density at radius 1 is 1.17 bits per heavy atom. The number of hydrogen-bond acceptors (Lipinski definition) is 5. The molecule has 0 unspecified atom stereocenters. The Morgan fingerprint density at radius 3 is 2.23 bits per heavy atom. The molecular formula is C23H26N4O3. The van der Waals surface area contributed by atoms with Gasteiger partial charge in [0.15, 0.2) is 11.4 Å². The van der Waals surface area contributed by atoms with E-state index in [0.29, 0.717) is 11.3 Å². The fraction of sp³-hybridized carbons (Fsp3) is 0.261. The molecule has 2 aromatic carbocycles. The Balaban J connectivity index is 2.32. The Hall–Kier alpha value is -3.79. The van der Waals surface area contributed by atoms with Gasteiger partial charge in [-0.05, 0) is 28.7 Å². The second-order valence-corrected chi connectivity index (χ2v) is 7.67. The number of benzene rings is 2. The first-order valence-corrected chi connectivity index (χ1v) is 9.35. The van der Waals surface area contributed by atoms with Crippen molar-refractivity contribution in [2.45, 2.75) is 32.7 Å². The third kappa shape index (κ3) is 5.85. The van der Waals surface area contributed by atoms with Gasteiger partial charge in [-0.1, -0.05) is 57.2 Å². The van der Waals surface area contributed by atoms with E-state index in [1.165, 1.54) is 0 Å². The second kappa shape index (κ2) is 9.61. The molecule has 2 aromatic rings. The van der Waals surface area contributed by atoms with Gasteiger partial charge in [0.1, 0.15) is 17.7 Å². The quantitative estimate of drug-likeness (QED) is 0.281. The average molecular weight is 406 g/mol. The number of nitrogens with two attached hydrogens (primary N) is 1. The number of amidine groups is 1. The Labute approximate surface area is 176 Å². The summed E-state index contributed by atoms with van der Waals surface area (Å²) < 4.78 is 5.12. The van der Waals surface area contributed by atoms with Crippen molar-refractivity contribution < 1.29 is 14.6 Å². The molecule has 0 spiro atoms. The number of nitrogens with zero attached hydrogens (tertiary/aromatic N) is 2. The van der Waals surface area contributed by atoms with Gasteiger partial charge in [0.25, 0.3) is 0 Å². The van der Waals surface area contributed by atoms with Gasteiger partial charge >= 0.3 is 5.97 Å².